The molecule has 1 aliphatic rings. The molecule has 4 nitrogen and oxygen atoms in total. The van der Waals surface area contributed by atoms with Gasteiger partial charge in [0.2, 0.25) is 0 Å². The molecule has 4 rings (SSSR count). The molecule has 0 atom stereocenters. The average Bonchev–Trinajstić information content (AvgIpc) is 2.62. The Morgan fingerprint density at radius 3 is 2.43 bits per heavy atom. The first kappa shape index (κ1) is 14.3. The molecule has 2 aromatic heterocycles. The number of nitrogens with zero attached hydrogens (tertiary/aromatic N) is 4. The van der Waals surface area contributed by atoms with Gasteiger partial charge in [-0.15, -0.1) is 0 Å². The summed E-state index contributed by atoms with van der Waals surface area (Å²) in [6.45, 7) is 3.87. The third kappa shape index (κ3) is 2.82. The van der Waals surface area contributed by atoms with Crippen LogP contribution in [0.3, 0.4) is 0 Å². The molecule has 0 bridgehead atoms. The fourth-order valence-electron chi connectivity index (χ4n) is 3.10. The third-order valence-corrected chi connectivity index (χ3v) is 4.51. The summed E-state index contributed by atoms with van der Waals surface area (Å²) in [6.07, 6.45) is 3.71. The zero-order valence-corrected chi connectivity index (χ0v) is 13.4. The molecule has 0 radical (unpaired) electrons. The number of aromatic nitrogens is 2. The maximum atomic E-state index is 6.08. The molecule has 0 saturated carbocycles. The van der Waals surface area contributed by atoms with Gasteiger partial charge >= 0.3 is 0 Å². The molecule has 0 unspecified atom stereocenters. The summed E-state index contributed by atoms with van der Waals surface area (Å²) in [5, 5.41) is 1.88. The van der Waals surface area contributed by atoms with Gasteiger partial charge in [-0.2, -0.15) is 0 Å². The van der Waals surface area contributed by atoms with Crippen LogP contribution in [0.25, 0.3) is 10.9 Å². The van der Waals surface area contributed by atoms with E-state index in [9.17, 15) is 0 Å². The van der Waals surface area contributed by atoms with E-state index in [0.717, 1.165) is 47.9 Å². The maximum absolute atomic E-state index is 6.08. The largest absolute Gasteiger partial charge is 0.367 e. The molecule has 0 N–H and O–H groups in total. The van der Waals surface area contributed by atoms with Crippen LogP contribution in [0.2, 0.25) is 5.02 Å². The van der Waals surface area contributed by atoms with Gasteiger partial charge in [0.1, 0.15) is 5.82 Å². The highest BCUT2D eigenvalue weighted by molar-refractivity contribution is 6.31. The number of rotatable bonds is 2. The second-order valence-corrected chi connectivity index (χ2v) is 6.09. The van der Waals surface area contributed by atoms with E-state index in [4.69, 9.17) is 11.6 Å². The van der Waals surface area contributed by atoms with E-state index in [-0.39, 0.29) is 0 Å². The van der Waals surface area contributed by atoms with Crippen LogP contribution in [0, 0.1) is 0 Å². The van der Waals surface area contributed by atoms with Gasteiger partial charge in [-0.3, -0.25) is 4.98 Å². The molecule has 0 spiro atoms. The monoisotopic (exact) mass is 324 g/mol. The topological polar surface area (TPSA) is 32.3 Å². The van der Waals surface area contributed by atoms with Crippen molar-refractivity contribution in [1.29, 1.82) is 0 Å². The first-order chi connectivity index (χ1) is 11.3. The second kappa shape index (κ2) is 6.05. The van der Waals surface area contributed by atoms with Crippen molar-refractivity contribution in [2.24, 2.45) is 0 Å². The van der Waals surface area contributed by atoms with Crippen LogP contribution in [-0.4, -0.2) is 36.1 Å². The van der Waals surface area contributed by atoms with Crippen LogP contribution in [0.1, 0.15) is 0 Å². The molecule has 1 fully saturated rings. The van der Waals surface area contributed by atoms with Crippen molar-refractivity contribution < 1.29 is 0 Å². The molecule has 3 heterocycles. The van der Waals surface area contributed by atoms with Crippen molar-refractivity contribution in [3.8, 4) is 0 Å². The van der Waals surface area contributed by atoms with Crippen LogP contribution in [0.4, 0.5) is 11.5 Å². The Morgan fingerprint density at radius 1 is 0.826 bits per heavy atom. The van der Waals surface area contributed by atoms with Crippen molar-refractivity contribution in [1.82, 2.24) is 9.97 Å². The van der Waals surface area contributed by atoms with Gasteiger partial charge in [0, 0.05) is 54.7 Å². The van der Waals surface area contributed by atoms with Crippen LogP contribution < -0.4 is 9.80 Å². The smallest absolute Gasteiger partial charge is 0.128 e. The number of benzene rings is 1. The number of hydrogen-bond donors (Lipinski definition) is 0. The first-order valence-electron chi connectivity index (χ1n) is 7.76. The van der Waals surface area contributed by atoms with Crippen molar-refractivity contribution >= 4 is 34.0 Å². The SMILES string of the molecule is Clc1ccc2c(N3CCN(c4ccccn4)CC3)ccnc2c1. The minimum atomic E-state index is 0.724. The highest BCUT2D eigenvalue weighted by Crippen LogP contribution is 2.28. The summed E-state index contributed by atoms with van der Waals surface area (Å²) in [6, 6.07) is 14.1. The van der Waals surface area contributed by atoms with E-state index in [0.29, 0.717) is 0 Å². The second-order valence-electron chi connectivity index (χ2n) is 5.65. The van der Waals surface area contributed by atoms with Crippen LogP contribution in [-0.2, 0) is 0 Å². The van der Waals surface area contributed by atoms with Gasteiger partial charge in [0.15, 0.2) is 0 Å². The summed E-state index contributed by atoms with van der Waals surface area (Å²) >= 11 is 6.08. The lowest BCUT2D eigenvalue weighted by Gasteiger charge is -2.37. The molecule has 116 valence electrons. The van der Waals surface area contributed by atoms with Crippen LogP contribution in [0.5, 0.6) is 0 Å². The minimum Gasteiger partial charge on any atom is -0.367 e. The molecule has 0 amide bonds. The molecule has 5 heteroatoms. The molecular weight excluding hydrogens is 308 g/mol. The fourth-order valence-corrected chi connectivity index (χ4v) is 3.27. The molecular formula is C18H17ClN4. The third-order valence-electron chi connectivity index (χ3n) is 4.28. The number of pyridine rings is 2. The van der Waals surface area contributed by atoms with Gasteiger partial charge in [-0.05, 0) is 36.4 Å². The molecule has 3 aromatic rings. The van der Waals surface area contributed by atoms with Gasteiger partial charge in [0.25, 0.3) is 0 Å². The molecule has 23 heavy (non-hydrogen) atoms. The summed E-state index contributed by atoms with van der Waals surface area (Å²) in [4.78, 5) is 13.6. The summed E-state index contributed by atoms with van der Waals surface area (Å²) in [7, 11) is 0. The molecule has 1 aromatic carbocycles. The zero-order chi connectivity index (χ0) is 15.6. The Balaban J connectivity index is 1.57. The summed E-state index contributed by atoms with van der Waals surface area (Å²) < 4.78 is 0. The zero-order valence-electron chi connectivity index (χ0n) is 12.7. The summed E-state index contributed by atoms with van der Waals surface area (Å²) in [5.41, 5.74) is 2.18. The average molecular weight is 325 g/mol. The Labute approximate surface area is 140 Å². The number of halogens is 1. The van der Waals surface area contributed by atoms with Crippen molar-refractivity contribution in [2.75, 3.05) is 36.0 Å². The number of anilines is 2. The molecule has 1 saturated heterocycles. The van der Waals surface area contributed by atoms with E-state index in [2.05, 4.69) is 38.0 Å². The van der Waals surface area contributed by atoms with E-state index in [1.165, 1.54) is 5.69 Å². The maximum Gasteiger partial charge on any atom is 0.128 e. The Bertz CT molecular complexity index is 814. The lowest BCUT2D eigenvalue weighted by atomic mass is 10.1. The predicted octanol–water partition coefficient (Wildman–Crippen LogP) is 3.61. The standard InChI is InChI=1S/C18H17ClN4/c19-14-4-5-15-16(13-14)20-8-6-17(15)22-9-11-23(12-10-22)18-3-1-2-7-21-18/h1-8,13H,9-12H2. The highest BCUT2D eigenvalue weighted by atomic mass is 35.5. The van der Waals surface area contributed by atoms with Crippen LogP contribution >= 0.6 is 11.6 Å². The first-order valence-corrected chi connectivity index (χ1v) is 8.14. The summed E-state index contributed by atoms with van der Waals surface area (Å²) in [5.74, 6) is 1.05. The Morgan fingerprint density at radius 2 is 1.65 bits per heavy atom. The predicted molar refractivity (Wildman–Crippen MR) is 95.4 cm³/mol. The van der Waals surface area contributed by atoms with E-state index in [1.807, 2.05) is 36.7 Å². The Kier molecular flexibility index (Phi) is 3.75. The lowest BCUT2D eigenvalue weighted by Crippen LogP contribution is -2.46. The fraction of sp³-hybridized carbons (Fsp3) is 0.222. The number of piperazine rings is 1. The number of fused-ring (bicyclic) bond motifs is 1. The molecule has 1 aliphatic heterocycles. The van der Waals surface area contributed by atoms with Gasteiger partial charge < -0.3 is 9.80 Å². The quantitative estimate of drug-likeness (QED) is 0.721. The van der Waals surface area contributed by atoms with Crippen molar-refractivity contribution in [3.05, 3.63) is 59.9 Å². The van der Waals surface area contributed by atoms with Gasteiger partial charge in [-0.25, -0.2) is 4.98 Å². The van der Waals surface area contributed by atoms with E-state index < -0.39 is 0 Å². The van der Waals surface area contributed by atoms with Crippen molar-refractivity contribution in [3.63, 3.8) is 0 Å². The highest BCUT2D eigenvalue weighted by Gasteiger charge is 2.19. The van der Waals surface area contributed by atoms with Gasteiger partial charge in [0.05, 0.1) is 5.52 Å². The lowest BCUT2D eigenvalue weighted by molar-refractivity contribution is 0.649. The Hall–Kier alpha value is -2.33. The van der Waals surface area contributed by atoms with E-state index >= 15 is 0 Å². The van der Waals surface area contributed by atoms with Gasteiger partial charge in [-0.1, -0.05) is 17.7 Å². The number of hydrogen-bond acceptors (Lipinski definition) is 4. The minimum absolute atomic E-state index is 0.724. The molecule has 0 aliphatic carbocycles. The van der Waals surface area contributed by atoms with Crippen molar-refractivity contribution in [2.45, 2.75) is 0 Å². The normalized spacial score (nSPS) is 15.2. The van der Waals surface area contributed by atoms with Crippen LogP contribution in [0.15, 0.2) is 54.9 Å². The van der Waals surface area contributed by atoms with E-state index in [1.54, 1.807) is 0 Å².